The van der Waals surface area contributed by atoms with Crippen LogP contribution in [0, 0.1) is 6.92 Å². The molecule has 0 aliphatic carbocycles. The van der Waals surface area contributed by atoms with Gasteiger partial charge < -0.3 is 10.2 Å². The van der Waals surface area contributed by atoms with Crippen LogP contribution in [0.4, 0.5) is 5.82 Å². The first kappa shape index (κ1) is 14.3. The van der Waals surface area contributed by atoms with Gasteiger partial charge in [-0.15, -0.1) is 0 Å². The summed E-state index contributed by atoms with van der Waals surface area (Å²) in [5.74, 6) is 1.13. The molecule has 3 heteroatoms. The van der Waals surface area contributed by atoms with Crippen LogP contribution in [-0.4, -0.2) is 23.1 Å². The van der Waals surface area contributed by atoms with Gasteiger partial charge in [0.05, 0.1) is 0 Å². The Bertz CT molecular complexity index is 438. The summed E-state index contributed by atoms with van der Waals surface area (Å²) >= 11 is 0. The highest BCUT2D eigenvalue weighted by molar-refractivity contribution is 5.45. The minimum atomic E-state index is 0.247. The molecule has 1 fully saturated rings. The third-order valence-electron chi connectivity index (χ3n) is 4.06. The van der Waals surface area contributed by atoms with Crippen LogP contribution in [0.1, 0.15) is 51.8 Å². The number of hydrogen-bond donors (Lipinski definition) is 1. The number of nitrogens with zero attached hydrogens (tertiary/aromatic N) is 2. The van der Waals surface area contributed by atoms with E-state index < -0.39 is 0 Å². The Morgan fingerprint density at radius 3 is 2.63 bits per heavy atom. The summed E-state index contributed by atoms with van der Waals surface area (Å²) in [5.41, 5.74) is 2.69. The van der Waals surface area contributed by atoms with Crippen molar-refractivity contribution in [2.75, 3.05) is 11.4 Å². The fraction of sp³-hybridized carbons (Fsp3) is 0.688. The first-order valence-corrected chi connectivity index (χ1v) is 7.38. The Morgan fingerprint density at radius 2 is 2.11 bits per heavy atom. The van der Waals surface area contributed by atoms with Crippen LogP contribution in [0.25, 0.3) is 0 Å². The molecule has 2 heterocycles. The molecule has 0 atom stereocenters. The minimum absolute atomic E-state index is 0.247. The van der Waals surface area contributed by atoms with E-state index in [1.165, 1.54) is 18.4 Å². The molecule has 2 rings (SSSR count). The zero-order valence-electron chi connectivity index (χ0n) is 13.0. The highest BCUT2D eigenvalue weighted by Crippen LogP contribution is 2.32. The first-order valence-electron chi connectivity index (χ1n) is 7.38. The van der Waals surface area contributed by atoms with Crippen LogP contribution in [0.3, 0.4) is 0 Å². The molecule has 0 radical (unpaired) electrons. The highest BCUT2D eigenvalue weighted by Gasteiger charge is 2.32. The number of aromatic nitrogens is 1. The Balaban J connectivity index is 2.14. The first-order chi connectivity index (χ1) is 8.90. The normalized spacial score (nSPS) is 18.3. The van der Waals surface area contributed by atoms with Gasteiger partial charge in [0.2, 0.25) is 0 Å². The van der Waals surface area contributed by atoms with Crippen LogP contribution in [0.2, 0.25) is 0 Å². The molecule has 0 amide bonds. The number of aryl methyl sites for hydroxylation is 1. The van der Waals surface area contributed by atoms with Crippen molar-refractivity contribution in [1.29, 1.82) is 0 Å². The molecule has 1 aliphatic rings. The molecule has 0 spiro atoms. The molecule has 19 heavy (non-hydrogen) atoms. The second kappa shape index (κ2) is 5.49. The second-order valence-electron chi connectivity index (χ2n) is 6.52. The Hall–Kier alpha value is -1.09. The third kappa shape index (κ3) is 3.27. The van der Waals surface area contributed by atoms with E-state index in [1.54, 1.807) is 0 Å². The molecule has 0 saturated carbocycles. The Morgan fingerprint density at radius 1 is 1.37 bits per heavy atom. The third-order valence-corrected chi connectivity index (χ3v) is 4.06. The van der Waals surface area contributed by atoms with Gasteiger partial charge in [0, 0.05) is 30.4 Å². The van der Waals surface area contributed by atoms with Gasteiger partial charge in [-0.25, -0.2) is 4.98 Å². The van der Waals surface area contributed by atoms with Crippen LogP contribution in [0.15, 0.2) is 12.1 Å². The molecule has 0 aromatic carbocycles. The Labute approximate surface area is 117 Å². The molecule has 1 aromatic rings. The summed E-state index contributed by atoms with van der Waals surface area (Å²) in [7, 11) is 0. The fourth-order valence-corrected chi connectivity index (χ4v) is 2.76. The van der Waals surface area contributed by atoms with Crippen molar-refractivity contribution in [2.24, 2.45) is 0 Å². The van der Waals surface area contributed by atoms with E-state index in [2.05, 4.69) is 57.0 Å². The molecule has 1 aromatic heterocycles. The summed E-state index contributed by atoms with van der Waals surface area (Å²) in [6.45, 7) is 13.1. The quantitative estimate of drug-likeness (QED) is 0.901. The Kier molecular flexibility index (Phi) is 4.14. The highest BCUT2D eigenvalue weighted by atomic mass is 15.3. The topological polar surface area (TPSA) is 28.2 Å². The molecule has 0 unspecified atom stereocenters. The standard InChI is InChI=1S/C16H27N3/c1-12(2)17-11-14-7-8-15(18-13(14)3)19-10-6-9-16(19,4)5/h7-8,12,17H,6,9-11H2,1-5H3. The molecule has 0 bridgehead atoms. The van der Waals surface area contributed by atoms with Crippen molar-refractivity contribution in [1.82, 2.24) is 10.3 Å². The maximum Gasteiger partial charge on any atom is 0.129 e. The molecule has 1 aliphatic heterocycles. The van der Waals surface area contributed by atoms with Crippen molar-refractivity contribution >= 4 is 5.82 Å². The largest absolute Gasteiger partial charge is 0.351 e. The van der Waals surface area contributed by atoms with Crippen LogP contribution in [0.5, 0.6) is 0 Å². The average molecular weight is 261 g/mol. The van der Waals surface area contributed by atoms with Crippen LogP contribution in [-0.2, 0) is 6.54 Å². The van der Waals surface area contributed by atoms with Gasteiger partial charge in [-0.1, -0.05) is 19.9 Å². The van der Waals surface area contributed by atoms with E-state index in [0.717, 1.165) is 24.6 Å². The summed E-state index contributed by atoms with van der Waals surface area (Å²) in [6, 6.07) is 4.91. The predicted octanol–water partition coefficient (Wildman–Crippen LogP) is 3.27. The van der Waals surface area contributed by atoms with Crippen molar-refractivity contribution in [3.63, 3.8) is 0 Å². The van der Waals surface area contributed by atoms with Crippen LogP contribution < -0.4 is 10.2 Å². The minimum Gasteiger partial charge on any atom is -0.351 e. The zero-order valence-corrected chi connectivity index (χ0v) is 13.0. The zero-order chi connectivity index (χ0) is 14.0. The predicted molar refractivity (Wildman–Crippen MR) is 81.6 cm³/mol. The molecule has 1 N–H and O–H groups in total. The van der Waals surface area contributed by atoms with E-state index in [-0.39, 0.29) is 5.54 Å². The SMILES string of the molecule is Cc1nc(N2CCCC2(C)C)ccc1CNC(C)C. The van der Waals surface area contributed by atoms with Gasteiger partial charge in [-0.3, -0.25) is 0 Å². The summed E-state index contributed by atoms with van der Waals surface area (Å²) < 4.78 is 0. The number of anilines is 1. The van der Waals surface area contributed by atoms with Crippen molar-refractivity contribution in [2.45, 2.75) is 65.6 Å². The number of pyridine rings is 1. The van der Waals surface area contributed by atoms with E-state index in [4.69, 9.17) is 4.98 Å². The van der Waals surface area contributed by atoms with Gasteiger partial charge in [0.25, 0.3) is 0 Å². The van der Waals surface area contributed by atoms with Crippen molar-refractivity contribution < 1.29 is 0 Å². The summed E-state index contributed by atoms with van der Waals surface area (Å²) in [5, 5.41) is 3.45. The number of nitrogens with one attached hydrogen (secondary N) is 1. The molecular formula is C16H27N3. The lowest BCUT2D eigenvalue weighted by Gasteiger charge is -2.33. The maximum atomic E-state index is 4.81. The van der Waals surface area contributed by atoms with Crippen LogP contribution >= 0.6 is 0 Å². The monoisotopic (exact) mass is 261 g/mol. The van der Waals surface area contributed by atoms with E-state index in [0.29, 0.717) is 6.04 Å². The number of rotatable bonds is 4. The van der Waals surface area contributed by atoms with Crippen molar-refractivity contribution in [3.8, 4) is 0 Å². The fourth-order valence-electron chi connectivity index (χ4n) is 2.76. The van der Waals surface area contributed by atoms with Gasteiger partial charge in [-0.2, -0.15) is 0 Å². The summed E-state index contributed by atoms with van der Waals surface area (Å²) in [4.78, 5) is 7.26. The van der Waals surface area contributed by atoms with Gasteiger partial charge in [0.15, 0.2) is 0 Å². The average Bonchev–Trinajstić information content (AvgIpc) is 2.67. The van der Waals surface area contributed by atoms with Gasteiger partial charge in [-0.05, 0) is 45.2 Å². The van der Waals surface area contributed by atoms with E-state index >= 15 is 0 Å². The van der Waals surface area contributed by atoms with Gasteiger partial charge in [0.1, 0.15) is 5.82 Å². The lowest BCUT2D eigenvalue weighted by Crippen LogP contribution is -2.38. The van der Waals surface area contributed by atoms with E-state index in [1.807, 2.05) is 0 Å². The number of hydrogen-bond acceptors (Lipinski definition) is 3. The summed E-state index contributed by atoms with van der Waals surface area (Å²) in [6.07, 6.45) is 2.52. The molecule has 3 nitrogen and oxygen atoms in total. The van der Waals surface area contributed by atoms with E-state index in [9.17, 15) is 0 Å². The maximum absolute atomic E-state index is 4.81. The molecule has 106 valence electrons. The smallest absolute Gasteiger partial charge is 0.129 e. The lowest BCUT2D eigenvalue weighted by molar-refractivity contribution is 0.513. The van der Waals surface area contributed by atoms with Gasteiger partial charge >= 0.3 is 0 Å². The second-order valence-corrected chi connectivity index (χ2v) is 6.52. The molecule has 1 saturated heterocycles. The molecular weight excluding hydrogens is 234 g/mol. The van der Waals surface area contributed by atoms with Crippen molar-refractivity contribution in [3.05, 3.63) is 23.4 Å². The lowest BCUT2D eigenvalue weighted by atomic mass is 10.0.